The molecule has 1 fully saturated rings. The molecule has 0 radical (unpaired) electrons. The molecule has 0 bridgehead atoms. The van der Waals surface area contributed by atoms with E-state index in [1.165, 1.54) is 34.9 Å². The van der Waals surface area contributed by atoms with Crippen molar-refractivity contribution < 1.29 is 0 Å². The molecule has 0 aliphatic carbocycles. The third kappa shape index (κ3) is 3.11. The van der Waals surface area contributed by atoms with Gasteiger partial charge in [0.05, 0.1) is 5.69 Å². The molecule has 4 heteroatoms. The number of nitrogens with one attached hydrogen (secondary N) is 1. The van der Waals surface area contributed by atoms with Gasteiger partial charge in [0.25, 0.3) is 0 Å². The third-order valence-corrected chi connectivity index (χ3v) is 4.99. The predicted molar refractivity (Wildman–Crippen MR) is 70.1 cm³/mol. The summed E-state index contributed by atoms with van der Waals surface area (Å²) < 4.78 is 0. The first-order valence-corrected chi connectivity index (χ1v) is 7.48. The van der Waals surface area contributed by atoms with Crippen LogP contribution in [0.15, 0.2) is 0 Å². The minimum absolute atomic E-state index is 0.857. The molecule has 1 aromatic rings. The zero-order chi connectivity index (χ0) is 10.7. The van der Waals surface area contributed by atoms with Crippen LogP contribution in [0.5, 0.6) is 0 Å². The molecular formula is C11H18N2S2. The molecule has 0 aromatic carbocycles. The van der Waals surface area contributed by atoms with Crippen molar-refractivity contribution >= 4 is 28.2 Å². The molecule has 0 saturated carbocycles. The molecule has 0 spiro atoms. The van der Waals surface area contributed by atoms with E-state index in [1.54, 1.807) is 11.3 Å². The van der Waals surface area contributed by atoms with Crippen molar-refractivity contribution in [1.82, 2.24) is 4.98 Å². The summed E-state index contributed by atoms with van der Waals surface area (Å²) in [7, 11) is 0. The van der Waals surface area contributed by atoms with Gasteiger partial charge in [-0.15, -0.1) is 11.3 Å². The van der Waals surface area contributed by atoms with Crippen LogP contribution >= 0.6 is 23.1 Å². The second-order valence-electron chi connectivity index (χ2n) is 4.10. The Morgan fingerprint density at radius 2 is 2.07 bits per heavy atom. The molecular weight excluding hydrogens is 224 g/mol. The Kier molecular flexibility index (Phi) is 3.92. The Morgan fingerprint density at radius 1 is 1.33 bits per heavy atom. The summed E-state index contributed by atoms with van der Waals surface area (Å²) in [5.74, 6) is 3.53. The van der Waals surface area contributed by atoms with Crippen LogP contribution in [0.3, 0.4) is 0 Å². The number of nitrogens with zero attached hydrogens (tertiary/aromatic N) is 1. The highest BCUT2D eigenvalue weighted by atomic mass is 32.2. The van der Waals surface area contributed by atoms with Crippen LogP contribution in [0.25, 0.3) is 0 Å². The fraction of sp³-hybridized carbons (Fsp3) is 0.727. The highest BCUT2D eigenvalue weighted by Crippen LogP contribution is 2.25. The standard InChI is InChI=1S/C11H18N2S2/c1-8-9(2)15-11(13-8)12-7-10-3-5-14-6-4-10/h10H,3-7H2,1-2H3,(H,12,13). The summed E-state index contributed by atoms with van der Waals surface area (Å²) in [6, 6.07) is 0. The number of thiazole rings is 1. The molecule has 1 aromatic heterocycles. The van der Waals surface area contributed by atoms with Crippen molar-refractivity contribution in [3.63, 3.8) is 0 Å². The molecule has 15 heavy (non-hydrogen) atoms. The van der Waals surface area contributed by atoms with Gasteiger partial charge in [-0.3, -0.25) is 0 Å². The summed E-state index contributed by atoms with van der Waals surface area (Å²) in [4.78, 5) is 5.83. The van der Waals surface area contributed by atoms with Crippen molar-refractivity contribution in [1.29, 1.82) is 0 Å². The molecule has 2 heterocycles. The van der Waals surface area contributed by atoms with E-state index in [2.05, 4.69) is 35.9 Å². The first-order valence-electron chi connectivity index (χ1n) is 5.51. The molecule has 1 saturated heterocycles. The average molecular weight is 242 g/mol. The second-order valence-corrected chi connectivity index (χ2v) is 6.53. The number of rotatable bonds is 3. The van der Waals surface area contributed by atoms with Crippen molar-refractivity contribution in [2.45, 2.75) is 26.7 Å². The number of aromatic nitrogens is 1. The Morgan fingerprint density at radius 3 is 2.67 bits per heavy atom. The topological polar surface area (TPSA) is 24.9 Å². The first-order chi connectivity index (χ1) is 7.25. The van der Waals surface area contributed by atoms with Gasteiger partial charge >= 0.3 is 0 Å². The fourth-order valence-electron chi connectivity index (χ4n) is 1.73. The number of hydrogen-bond donors (Lipinski definition) is 1. The van der Waals surface area contributed by atoms with Gasteiger partial charge in [0.2, 0.25) is 0 Å². The largest absolute Gasteiger partial charge is 0.361 e. The van der Waals surface area contributed by atoms with Crippen LogP contribution in [0, 0.1) is 19.8 Å². The van der Waals surface area contributed by atoms with Gasteiger partial charge in [0.1, 0.15) is 0 Å². The number of hydrogen-bond acceptors (Lipinski definition) is 4. The minimum atomic E-state index is 0.857. The van der Waals surface area contributed by atoms with Gasteiger partial charge in [-0.2, -0.15) is 11.8 Å². The Balaban J connectivity index is 1.81. The molecule has 1 aliphatic heterocycles. The second kappa shape index (κ2) is 5.21. The van der Waals surface area contributed by atoms with Crippen molar-refractivity contribution in [3.05, 3.63) is 10.6 Å². The summed E-state index contributed by atoms with van der Waals surface area (Å²) in [5, 5.41) is 4.57. The van der Waals surface area contributed by atoms with Crippen LogP contribution in [0.1, 0.15) is 23.4 Å². The van der Waals surface area contributed by atoms with Gasteiger partial charge in [0, 0.05) is 11.4 Å². The maximum Gasteiger partial charge on any atom is 0.183 e. The van der Waals surface area contributed by atoms with E-state index in [0.29, 0.717) is 0 Å². The first kappa shape index (κ1) is 11.3. The normalized spacial score (nSPS) is 18.0. The van der Waals surface area contributed by atoms with Gasteiger partial charge in [-0.25, -0.2) is 4.98 Å². The summed E-state index contributed by atoms with van der Waals surface area (Å²) in [6.07, 6.45) is 2.72. The summed E-state index contributed by atoms with van der Waals surface area (Å²) >= 11 is 3.86. The lowest BCUT2D eigenvalue weighted by atomic mass is 10.0. The lowest BCUT2D eigenvalue weighted by molar-refractivity contribution is 0.516. The Bertz CT molecular complexity index is 297. The monoisotopic (exact) mass is 242 g/mol. The van der Waals surface area contributed by atoms with Crippen LogP contribution < -0.4 is 5.32 Å². The van der Waals surface area contributed by atoms with Crippen molar-refractivity contribution in [2.75, 3.05) is 23.4 Å². The van der Waals surface area contributed by atoms with Crippen molar-refractivity contribution in [2.24, 2.45) is 5.92 Å². The zero-order valence-electron chi connectivity index (χ0n) is 9.38. The maximum absolute atomic E-state index is 4.50. The van der Waals surface area contributed by atoms with Crippen LogP contribution in [0.4, 0.5) is 5.13 Å². The highest BCUT2D eigenvalue weighted by molar-refractivity contribution is 7.99. The smallest absolute Gasteiger partial charge is 0.183 e. The highest BCUT2D eigenvalue weighted by Gasteiger charge is 2.14. The summed E-state index contributed by atoms with van der Waals surface area (Å²) in [6.45, 7) is 5.32. The number of anilines is 1. The van der Waals surface area contributed by atoms with E-state index in [9.17, 15) is 0 Å². The molecule has 2 rings (SSSR count). The lowest BCUT2D eigenvalue weighted by Gasteiger charge is -2.21. The Hall–Kier alpha value is -0.220. The van der Waals surface area contributed by atoms with Crippen LogP contribution in [-0.2, 0) is 0 Å². The Labute approximate surface area is 99.9 Å². The third-order valence-electron chi connectivity index (χ3n) is 2.91. The predicted octanol–water partition coefficient (Wildman–Crippen LogP) is 3.32. The zero-order valence-corrected chi connectivity index (χ0v) is 11.0. The van der Waals surface area contributed by atoms with E-state index in [4.69, 9.17) is 0 Å². The molecule has 0 atom stereocenters. The SMILES string of the molecule is Cc1nc(NCC2CCSCC2)sc1C. The lowest BCUT2D eigenvalue weighted by Crippen LogP contribution is -2.18. The number of aryl methyl sites for hydroxylation is 2. The van der Waals surface area contributed by atoms with Crippen LogP contribution in [0.2, 0.25) is 0 Å². The average Bonchev–Trinajstić information content (AvgIpc) is 2.57. The van der Waals surface area contributed by atoms with E-state index in [0.717, 1.165) is 17.6 Å². The molecule has 84 valence electrons. The molecule has 1 aliphatic rings. The van der Waals surface area contributed by atoms with Gasteiger partial charge in [-0.1, -0.05) is 0 Å². The van der Waals surface area contributed by atoms with Gasteiger partial charge < -0.3 is 5.32 Å². The molecule has 2 nitrogen and oxygen atoms in total. The minimum Gasteiger partial charge on any atom is -0.361 e. The maximum atomic E-state index is 4.50. The quantitative estimate of drug-likeness (QED) is 0.880. The van der Waals surface area contributed by atoms with Gasteiger partial charge in [0.15, 0.2) is 5.13 Å². The number of thioether (sulfide) groups is 1. The van der Waals surface area contributed by atoms with E-state index in [1.807, 2.05) is 0 Å². The van der Waals surface area contributed by atoms with Crippen LogP contribution in [-0.4, -0.2) is 23.0 Å². The molecule has 0 amide bonds. The van der Waals surface area contributed by atoms with Gasteiger partial charge in [-0.05, 0) is 44.1 Å². The van der Waals surface area contributed by atoms with E-state index in [-0.39, 0.29) is 0 Å². The molecule has 0 unspecified atom stereocenters. The fourth-order valence-corrected chi connectivity index (χ4v) is 3.76. The van der Waals surface area contributed by atoms with Crippen molar-refractivity contribution in [3.8, 4) is 0 Å². The van der Waals surface area contributed by atoms with E-state index < -0.39 is 0 Å². The molecule has 1 N–H and O–H groups in total. The summed E-state index contributed by atoms with van der Waals surface area (Å²) in [5.41, 5.74) is 1.17. The van der Waals surface area contributed by atoms with E-state index >= 15 is 0 Å².